The summed E-state index contributed by atoms with van der Waals surface area (Å²) in [6.45, 7) is 5.27. The van der Waals surface area contributed by atoms with Crippen molar-refractivity contribution < 1.29 is 9.47 Å². The van der Waals surface area contributed by atoms with Crippen LogP contribution in [0.2, 0.25) is 0 Å². The van der Waals surface area contributed by atoms with Gasteiger partial charge in [-0.05, 0) is 38.3 Å². The fourth-order valence-corrected chi connectivity index (χ4v) is 4.01. The number of likely N-dealkylation sites (tertiary alicyclic amines) is 1. The number of aromatic nitrogens is 5. The van der Waals surface area contributed by atoms with E-state index in [1.54, 1.807) is 25.8 Å². The molecule has 2 aromatic heterocycles. The summed E-state index contributed by atoms with van der Waals surface area (Å²) < 4.78 is 12.6. The molecule has 29 heavy (non-hydrogen) atoms. The number of piperidine rings is 1. The van der Waals surface area contributed by atoms with Gasteiger partial charge in [0.05, 0.1) is 14.2 Å². The Morgan fingerprint density at radius 1 is 1.28 bits per heavy atom. The maximum Gasteiger partial charge on any atom is 0.281 e. The van der Waals surface area contributed by atoms with Crippen LogP contribution >= 0.6 is 0 Å². The maximum atomic E-state index is 12.0. The summed E-state index contributed by atoms with van der Waals surface area (Å²) in [5.74, 6) is 2.62. The second-order valence-electron chi connectivity index (χ2n) is 7.52. The average molecular weight is 398 g/mol. The predicted molar refractivity (Wildman–Crippen MR) is 108 cm³/mol. The highest BCUT2D eigenvalue weighted by Crippen LogP contribution is 2.28. The molecule has 154 valence electrons. The minimum absolute atomic E-state index is 0.240. The first-order chi connectivity index (χ1) is 14.1. The molecule has 0 bridgehead atoms. The highest BCUT2D eigenvalue weighted by atomic mass is 16.5. The molecule has 1 saturated heterocycles. The number of aromatic amines is 1. The Hall–Kier alpha value is -2.94. The number of rotatable bonds is 6. The highest BCUT2D eigenvalue weighted by molar-refractivity contribution is 5.67. The van der Waals surface area contributed by atoms with Crippen LogP contribution in [0.25, 0.3) is 11.2 Å². The molecule has 0 radical (unpaired) electrons. The van der Waals surface area contributed by atoms with Crippen LogP contribution < -0.4 is 15.0 Å². The molecule has 4 rings (SSSR count). The molecule has 0 spiro atoms. The van der Waals surface area contributed by atoms with Crippen molar-refractivity contribution in [3.05, 3.63) is 39.9 Å². The number of aryl methyl sites for hydroxylation is 1. The molecule has 1 aromatic carbocycles. The van der Waals surface area contributed by atoms with Gasteiger partial charge in [0.25, 0.3) is 5.56 Å². The van der Waals surface area contributed by atoms with Gasteiger partial charge in [0.2, 0.25) is 0 Å². The topological polar surface area (TPSA) is 98.2 Å². The van der Waals surface area contributed by atoms with Crippen LogP contribution in [-0.4, -0.2) is 57.2 Å². The van der Waals surface area contributed by atoms with Gasteiger partial charge >= 0.3 is 0 Å². The molecule has 3 heterocycles. The molecule has 1 aliphatic heterocycles. The number of nitrogens with zero attached hydrogens (tertiary/aromatic N) is 5. The first-order valence-corrected chi connectivity index (χ1v) is 9.80. The van der Waals surface area contributed by atoms with E-state index >= 15 is 0 Å². The third-order valence-corrected chi connectivity index (χ3v) is 5.41. The van der Waals surface area contributed by atoms with Crippen LogP contribution in [0.5, 0.6) is 11.5 Å². The first kappa shape index (κ1) is 19.4. The van der Waals surface area contributed by atoms with Crippen molar-refractivity contribution in [2.24, 2.45) is 5.92 Å². The Morgan fingerprint density at radius 2 is 2.14 bits per heavy atom. The molecular weight excluding hydrogens is 372 g/mol. The van der Waals surface area contributed by atoms with E-state index in [-0.39, 0.29) is 5.56 Å². The Morgan fingerprint density at radius 3 is 2.93 bits per heavy atom. The molecular formula is C20H26N6O3. The second-order valence-corrected chi connectivity index (χ2v) is 7.52. The van der Waals surface area contributed by atoms with Gasteiger partial charge in [0.15, 0.2) is 11.2 Å². The lowest BCUT2D eigenvalue weighted by Gasteiger charge is -2.33. The summed E-state index contributed by atoms with van der Waals surface area (Å²) in [6, 6.07) is 5.95. The van der Waals surface area contributed by atoms with Crippen molar-refractivity contribution in [1.82, 2.24) is 29.9 Å². The monoisotopic (exact) mass is 398 g/mol. The minimum atomic E-state index is -0.240. The number of hydrogen-bond donors (Lipinski definition) is 1. The van der Waals surface area contributed by atoms with Crippen LogP contribution in [0.4, 0.5) is 0 Å². The number of hydrogen-bond acceptors (Lipinski definition) is 7. The summed E-state index contributed by atoms with van der Waals surface area (Å²) in [5.41, 5.74) is 1.76. The van der Waals surface area contributed by atoms with E-state index in [2.05, 4.69) is 31.2 Å². The van der Waals surface area contributed by atoms with E-state index in [0.717, 1.165) is 49.5 Å². The molecule has 9 heteroatoms. The van der Waals surface area contributed by atoms with Gasteiger partial charge in [-0.1, -0.05) is 11.3 Å². The Kier molecular flexibility index (Phi) is 5.48. The smallest absolute Gasteiger partial charge is 0.281 e. The fourth-order valence-electron chi connectivity index (χ4n) is 4.01. The summed E-state index contributed by atoms with van der Waals surface area (Å²) in [7, 11) is 3.34. The van der Waals surface area contributed by atoms with Crippen molar-refractivity contribution in [2.75, 3.05) is 27.3 Å². The molecule has 0 saturated carbocycles. The summed E-state index contributed by atoms with van der Waals surface area (Å²) >= 11 is 0. The van der Waals surface area contributed by atoms with E-state index in [0.29, 0.717) is 29.5 Å². The lowest BCUT2D eigenvalue weighted by molar-refractivity contribution is 0.152. The minimum Gasteiger partial charge on any atom is -0.497 e. The van der Waals surface area contributed by atoms with Crippen LogP contribution in [0.1, 0.15) is 24.2 Å². The lowest BCUT2D eigenvalue weighted by Crippen LogP contribution is -2.36. The normalized spacial score (nSPS) is 17.6. The van der Waals surface area contributed by atoms with Gasteiger partial charge in [-0.25, -0.2) is 9.67 Å². The quantitative estimate of drug-likeness (QED) is 0.675. The van der Waals surface area contributed by atoms with E-state index < -0.39 is 0 Å². The van der Waals surface area contributed by atoms with Gasteiger partial charge in [0.1, 0.15) is 17.3 Å². The van der Waals surface area contributed by atoms with Crippen LogP contribution in [0.15, 0.2) is 23.0 Å². The van der Waals surface area contributed by atoms with E-state index in [4.69, 9.17) is 9.47 Å². The molecule has 9 nitrogen and oxygen atoms in total. The van der Waals surface area contributed by atoms with Crippen LogP contribution in [0.3, 0.4) is 0 Å². The maximum absolute atomic E-state index is 12.0. The highest BCUT2D eigenvalue weighted by Gasteiger charge is 2.23. The molecule has 0 amide bonds. The molecule has 0 unspecified atom stereocenters. The number of nitrogens with one attached hydrogen (secondary N) is 1. The Bertz CT molecular complexity index is 1060. The molecule has 3 aromatic rings. The van der Waals surface area contributed by atoms with Gasteiger partial charge in [-0.2, -0.15) is 0 Å². The zero-order chi connectivity index (χ0) is 20.4. The number of methoxy groups -OCH3 is 2. The molecule has 1 atom stereocenters. The number of fused-ring (bicyclic) bond motifs is 1. The third-order valence-electron chi connectivity index (χ3n) is 5.41. The number of benzene rings is 1. The van der Waals surface area contributed by atoms with Crippen molar-refractivity contribution in [3.63, 3.8) is 0 Å². The molecule has 1 fully saturated rings. The average Bonchev–Trinajstić information content (AvgIpc) is 3.11. The fraction of sp³-hybridized carbons (Fsp3) is 0.500. The van der Waals surface area contributed by atoms with E-state index in [9.17, 15) is 4.79 Å². The van der Waals surface area contributed by atoms with E-state index in [1.807, 2.05) is 12.1 Å². The van der Waals surface area contributed by atoms with Crippen molar-refractivity contribution >= 4 is 11.2 Å². The lowest BCUT2D eigenvalue weighted by atomic mass is 9.97. The Balaban J connectivity index is 1.47. The van der Waals surface area contributed by atoms with Gasteiger partial charge in [0, 0.05) is 31.3 Å². The standard InChI is InChI=1S/C20H26N6O3/c1-13-21-19-18(20(27)22-13)23-24-26(19)11-14-5-4-8-25(10-14)12-15-6-7-16(28-2)9-17(15)29-3/h6-7,9,14H,4-5,8,10-12H2,1-3H3,(H,21,22,27)/t14-/m1/s1. The summed E-state index contributed by atoms with van der Waals surface area (Å²) in [6.07, 6.45) is 2.22. The SMILES string of the molecule is COc1ccc(CN2CCC[C@@H](Cn3nnc4c(=O)[nH]c(C)nc43)C2)c(OC)c1. The number of ether oxygens (including phenoxy) is 2. The molecule has 1 N–H and O–H groups in total. The van der Waals surface area contributed by atoms with Gasteiger partial charge in [-0.15, -0.1) is 5.10 Å². The van der Waals surface area contributed by atoms with Crippen molar-refractivity contribution in [3.8, 4) is 11.5 Å². The van der Waals surface area contributed by atoms with Crippen LogP contribution in [0, 0.1) is 12.8 Å². The Labute approximate surface area is 168 Å². The molecule has 0 aliphatic carbocycles. The van der Waals surface area contributed by atoms with Crippen LogP contribution in [-0.2, 0) is 13.1 Å². The van der Waals surface area contributed by atoms with Gasteiger partial charge in [-0.3, -0.25) is 9.69 Å². The third kappa shape index (κ3) is 4.09. The van der Waals surface area contributed by atoms with E-state index in [1.165, 1.54) is 0 Å². The number of H-pyrrole nitrogens is 1. The second kappa shape index (κ2) is 8.20. The van der Waals surface area contributed by atoms with Crippen molar-refractivity contribution in [2.45, 2.75) is 32.9 Å². The summed E-state index contributed by atoms with van der Waals surface area (Å²) in [4.78, 5) is 21.6. The first-order valence-electron chi connectivity index (χ1n) is 9.80. The molecule has 1 aliphatic rings. The predicted octanol–water partition coefficient (Wildman–Crippen LogP) is 1.75. The summed E-state index contributed by atoms with van der Waals surface area (Å²) in [5, 5.41) is 8.19. The van der Waals surface area contributed by atoms with Crippen molar-refractivity contribution in [1.29, 1.82) is 0 Å². The van der Waals surface area contributed by atoms with Gasteiger partial charge < -0.3 is 14.5 Å². The zero-order valence-electron chi connectivity index (χ0n) is 17.0. The zero-order valence-corrected chi connectivity index (χ0v) is 17.0. The largest absolute Gasteiger partial charge is 0.497 e.